The van der Waals surface area contributed by atoms with Gasteiger partial charge in [0.2, 0.25) is 0 Å². The Morgan fingerprint density at radius 2 is 1.90 bits per heavy atom. The topological polar surface area (TPSA) is 33.1 Å². The van der Waals surface area contributed by atoms with Crippen molar-refractivity contribution in [1.82, 2.24) is 19.8 Å². The Hall–Kier alpha value is -0.870. The highest BCUT2D eigenvalue weighted by Crippen LogP contribution is 2.31. The third-order valence-corrected chi connectivity index (χ3v) is 4.65. The van der Waals surface area contributed by atoms with E-state index in [4.69, 9.17) is 0 Å². The molecule has 0 aliphatic carbocycles. The van der Waals surface area contributed by atoms with Gasteiger partial charge in [-0.15, -0.1) is 0 Å². The lowest BCUT2D eigenvalue weighted by molar-refractivity contribution is 0.0796. The van der Waals surface area contributed by atoms with Crippen LogP contribution >= 0.6 is 0 Å². The van der Waals surface area contributed by atoms with Crippen molar-refractivity contribution in [3.8, 4) is 0 Å². The van der Waals surface area contributed by atoms with Crippen LogP contribution in [0.15, 0.2) is 12.4 Å². The number of imidazole rings is 1. The van der Waals surface area contributed by atoms with Crippen LogP contribution in [0.25, 0.3) is 0 Å². The van der Waals surface area contributed by atoms with Gasteiger partial charge in [-0.1, -0.05) is 19.8 Å². The van der Waals surface area contributed by atoms with E-state index in [2.05, 4.69) is 47.6 Å². The van der Waals surface area contributed by atoms with E-state index < -0.39 is 0 Å². The van der Waals surface area contributed by atoms with Crippen LogP contribution in [0.2, 0.25) is 0 Å². The lowest BCUT2D eigenvalue weighted by Gasteiger charge is -2.43. The van der Waals surface area contributed by atoms with Crippen molar-refractivity contribution in [2.75, 3.05) is 19.6 Å². The van der Waals surface area contributed by atoms with Crippen LogP contribution in [0.1, 0.15) is 58.3 Å². The first kappa shape index (κ1) is 15.5. The molecular weight excluding hydrogens is 248 g/mol. The van der Waals surface area contributed by atoms with Crippen LogP contribution < -0.4 is 5.32 Å². The molecule has 1 fully saturated rings. The molecular formula is C16H30N4. The standard InChI is InChI=1S/C16H30N4/c1-5-17-14(15-18-10-13-19(15)4)16(2,3)20-11-8-6-7-9-12-20/h10,13-14,17H,5-9,11-12H2,1-4H3. The number of nitrogens with one attached hydrogen (secondary N) is 1. The molecule has 1 atom stereocenters. The van der Waals surface area contributed by atoms with E-state index in [0.717, 1.165) is 12.4 Å². The second kappa shape index (κ2) is 6.72. The van der Waals surface area contributed by atoms with Crippen molar-refractivity contribution in [1.29, 1.82) is 0 Å². The molecule has 2 heterocycles. The summed E-state index contributed by atoms with van der Waals surface area (Å²) in [5.41, 5.74) is 0.0828. The Bertz CT molecular complexity index is 402. The van der Waals surface area contributed by atoms with Gasteiger partial charge in [0.05, 0.1) is 6.04 Å². The second-order valence-electron chi connectivity index (χ2n) is 6.44. The average Bonchev–Trinajstić information content (AvgIpc) is 2.69. The molecule has 1 saturated heterocycles. The van der Waals surface area contributed by atoms with Crippen LogP contribution in [-0.2, 0) is 7.05 Å². The minimum atomic E-state index is 0.0828. The van der Waals surface area contributed by atoms with Gasteiger partial charge in [0.15, 0.2) is 0 Å². The van der Waals surface area contributed by atoms with Gasteiger partial charge in [-0.25, -0.2) is 4.98 Å². The van der Waals surface area contributed by atoms with Gasteiger partial charge >= 0.3 is 0 Å². The van der Waals surface area contributed by atoms with E-state index in [0.29, 0.717) is 0 Å². The Morgan fingerprint density at radius 3 is 2.40 bits per heavy atom. The summed E-state index contributed by atoms with van der Waals surface area (Å²) < 4.78 is 2.15. The van der Waals surface area contributed by atoms with Crippen LogP contribution in [-0.4, -0.2) is 39.6 Å². The molecule has 1 N–H and O–H groups in total. The fourth-order valence-electron chi connectivity index (χ4n) is 3.35. The largest absolute Gasteiger partial charge is 0.337 e. The maximum atomic E-state index is 4.59. The molecule has 20 heavy (non-hydrogen) atoms. The molecule has 0 bridgehead atoms. The second-order valence-corrected chi connectivity index (χ2v) is 6.44. The lowest BCUT2D eigenvalue weighted by atomic mass is 9.90. The van der Waals surface area contributed by atoms with Gasteiger partial charge in [-0.05, 0) is 46.3 Å². The molecule has 1 aromatic rings. The quantitative estimate of drug-likeness (QED) is 0.899. The zero-order valence-corrected chi connectivity index (χ0v) is 13.5. The first-order valence-electron chi connectivity index (χ1n) is 8.03. The fourth-order valence-corrected chi connectivity index (χ4v) is 3.35. The normalized spacial score (nSPS) is 19.8. The number of aryl methyl sites for hydroxylation is 1. The van der Waals surface area contributed by atoms with Crippen molar-refractivity contribution in [2.24, 2.45) is 7.05 Å². The molecule has 1 aliphatic rings. The van der Waals surface area contributed by atoms with Gasteiger partial charge in [0.25, 0.3) is 0 Å². The van der Waals surface area contributed by atoms with E-state index in [1.54, 1.807) is 0 Å². The van der Waals surface area contributed by atoms with E-state index in [1.165, 1.54) is 38.8 Å². The van der Waals surface area contributed by atoms with Gasteiger partial charge < -0.3 is 9.88 Å². The number of hydrogen-bond acceptors (Lipinski definition) is 3. The number of likely N-dealkylation sites (N-methyl/N-ethyl adjacent to an activating group) is 1. The van der Waals surface area contributed by atoms with Crippen molar-refractivity contribution in [2.45, 2.75) is 58.0 Å². The molecule has 1 unspecified atom stereocenters. The van der Waals surface area contributed by atoms with E-state index in [1.807, 2.05) is 12.4 Å². The number of likely N-dealkylation sites (tertiary alicyclic amines) is 1. The summed E-state index contributed by atoms with van der Waals surface area (Å²) >= 11 is 0. The summed E-state index contributed by atoms with van der Waals surface area (Å²) in [6.07, 6.45) is 9.34. The summed E-state index contributed by atoms with van der Waals surface area (Å²) in [5, 5.41) is 3.66. The van der Waals surface area contributed by atoms with Gasteiger partial charge in [0.1, 0.15) is 5.82 Å². The van der Waals surface area contributed by atoms with Crippen molar-refractivity contribution in [3.63, 3.8) is 0 Å². The SMILES string of the molecule is CCNC(c1nccn1C)C(C)(C)N1CCCCCC1. The minimum Gasteiger partial charge on any atom is -0.337 e. The summed E-state index contributed by atoms with van der Waals surface area (Å²) in [4.78, 5) is 7.25. The highest BCUT2D eigenvalue weighted by atomic mass is 15.2. The number of hydrogen-bond donors (Lipinski definition) is 1. The Morgan fingerprint density at radius 1 is 1.25 bits per heavy atom. The highest BCUT2D eigenvalue weighted by molar-refractivity contribution is 5.08. The third kappa shape index (κ3) is 3.23. The van der Waals surface area contributed by atoms with Crippen molar-refractivity contribution in [3.05, 3.63) is 18.2 Å². The predicted molar refractivity (Wildman–Crippen MR) is 83.7 cm³/mol. The molecule has 1 aliphatic heterocycles. The zero-order chi connectivity index (χ0) is 14.6. The van der Waals surface area contributed by atoms with E-state index in [-0.39, 0.29) is 11.6 Å². The molecule has 114 valence electrons. The minimum absolute atomic E-state index is 0.0828. The first-order chi connectivity index (χ1) is 9.57. The maximum Gasteiger partial charge on any atom is 0.127 e. The predicted octanol–water partition coefficient (Wildman–Crippen LogP) is 2.73. The monoisotopic (exact) mass is 278 g/mol. The summed E-state index contributed by atoms with van der Waals surface area (Å²) in [5.74, 6) is 1.14. The average molecular weight is 278 g/mol. The van der Waals surface area contributed by atoms with E-state index >= 15 is 0 Å². The molecule has 4 heteroatoms. The number of nitrogens with zero attached hydrogens (tertiary/aromatic N) is 3. The Balaban J connectivity index is 2.24. The molecule has 0 radical (unpaired) electrons. The van der Waals surface area contributed by atoms with Crippen LogP contribution in [0.5, 0.6) is 0 Å². The van der Waals surface area contributed by atoms with Crippen molar-refractivity contribution < 1.29 is 0 Å². The summed E-state index contributed by atoms with van der Waals surface area (Å²) in [6, 6.07) is 0.269. The van der Waals surface area contributed by atoms with Crippen LogP contribution in [0.3, 0.4) is 0 Å². The number of rotatable bonds is 5. The molecule has 1 aromatic heterocycles. The van der Waals surface area contributed by atoms with Crippen LogP contribution in [0, 0.1) is 0 Å². The third-order valence-electron chi connectivity index (χ3n) is 4.65. The Kier molecular flexibility index (Phi) is 5.22. The lowest BCUT2D eigenvalue weighted by Crippen LogP contribution is -2.53. The number of aromatic nitrogens is 2. The molecule has 0 amide bonds. The smallest absolute Gasteiger partial charge is 0.127 e. The first-order valence-corrected chi connectivity index (χ1v) is 8.03. The summed E-state index contributed by atoms with van der Waals surface area (Å²) in [6.45, 7) is 10.3. The van der Waals surface area contributed by atoms with Gasteiger partial charge in [0, 0.05) is 25.0 Å². The van der Waals surface area contributed by atoms with E-state index in [9.17, 15) is 0 Å². The molecule has 0 aromatic carbocycles. The Labute approximate surface area is 123 Å². The van der Waals surface area contributed by atoms with Gasteiger partial charge in [-0.3, -0.25) is 4.90 Å². The molecule has 4 nitrogen and oxygen atoms in total. The maximum absolute atomic E-state index is 4.59. The zero-order valence-electron chi connectivity index (χ0n) is 13.5. The van der Waals surface area contributed by atoms with Gasteiger partial charge in [-0.2, -0.15) is 0 Å². The van der Waals surface area contributed by atoms with Crippen LogP contribution in [0.4, 0.5) is 0 Å². The fraction of sp³-hybridized carbons (Fsp3) is 0.812. The van der Waals surface area contributed by atoms with Crippen molar-refractivity contribution >= 4 is 0 Å². The highest BCUT2D eigenvalue weighted by Gasteiger charge is 2.38. The summed E-state index contributed by atoms with van der Waals surface area (Å²) in [7, 11) is 2.09. The molecule has 0 saturated carbocycles. The molecule has 0 spiro atoms. The molecule has 2 rings (SSSR count).